The molecule has 0 fully saturated rings. The van der Waals surface area contributed by atoms with E-state index in [9.17, 15) is 4.79 Å². The fourth-order valence-corrected chi connectivity index (χ4v) is 3.00. The van der Waals surface area contributed by atoms with Crippen LogP contribution in [0.15, 0.2) is 67.5 Å². The van der Waals surface area contributed by atoms with Crippen molar-refractivity contribution in [3.63, 3.8) is 0 Å². The summed E-state index contributed by atoms with van der Waals surface area (Å²) in [6.45, 7) is 6.31. The largest absolute Gasteiger partial charge is 0.337 e. The molecule has 0 bridgehead atoms. The van der Waals surface area contributed by atoms with Crippen LogP contribution >= 0.6 is 0 Å². The van der Waals surface area contributed by atoms with E-state index in [0.29, 0.717) is 19.0 Å². The van der Waals surface area contributed by atoms with E-state index in [4.69, 9.17) is 0 Å². The number of aromatic nitrogens is 3. The van der Waals surface area contributed by atoms with Crippen molar-refractivity contribution in [1.82, 2.24) is 19.4 Å². The Hall–Kier alpha value is -3.15. The highest BCUT2D eigenvalue weighted by Crippen LogP contribution is 2.19. The van der Waals surface area contributed by atoms with Crippen molar-refractivity contribution in [2.24, 2.45) is 0 Å². The van der Waals surface area contributed by atoms with E-state index < -0.39 is 0 Å². The fraction of sp³-hybridized carbons (Fsp3) is 0.318. The summed E-state index contributed by atoms with van der Waals surface area (Å²) >= 11 is 0. The molecule has 146 valence electrons. The number of carbonyl (C=O) groups is 1. The summed E-state index contributed by atoms with van der Waals surface area (Å²) in [4.78, 5) is 22.9. The molecule has 0 aliphatic heterocycles. The van der Waals surface area contributed by atoms with Crippen LogP contribution in [0.1, 0.15) is 37.3 Å². The van der Waals surface area contributed by atoms with E-state index in [1.165, 1.54) is 5.56 Å². The van der Waals surface area contributed by atoms with E-state index >= 15 is 0 Å². The quantitative estimate of drug-likeness (QED) is 0.627. The number of nitrogens with one attached hydrogen (secondary N) is 1. The molecule has 2 aromatic heterocycles. The van der Waals surface area contributed by atoms with Crippen molar-refractivity contribution >= 4 is 11.7 Å². The Bertz CT molecular complexity index is 862. The van der Waals surface area contributed by atoms with Crippen LogP contribution in [0, 0.1) is 0 Å². The minimum absolute atomic E-state index is 0.0941. The van der Waals surface area contributed by atoms with Crippen molar-refractivity contribution < 1.29 is 4.79 Å². The average molecular weight is 377 g/mol. The molecule has 1 N–H and O–H groups in total. The Balaban J connectivity index is 1.67. The fourth-order valence-electron chi connectivity index (χ4n) is 3.00. The van der Waals surface area contributed by atoms with Gasteiger partial charge >= 0.3 is 6.03 Å². The van der Waals surface area contributed by atoms with Crippen LogP contribution in [-0.2, 0) is 13.1 Å². The standard InChI is InChI=1S/C22H27N5O/c1-18(2)20-5-3-6-21(15-20)25-22(28)27(16-19-7-9-23-10-8-19)13-4-12-26-14-11-24-17-26/h3,5-11,14-15,17-18H,4,12-13,16H2,1-2H3,(H,25,28). The van der Waals surface area contributed by atoms with E-state index in [-0.39, 0.29) is 6.03 Å². The number of amides is 2. The van der Waals surface area contributed by atoms with E-state index in [2.05, 4.69) is 35.2 Å². The number of aryl methyl sites for hydroxylation is 1. The van der Waals surface area contributed by atoms with Gasteiger partial charge in [0.05, 0.1) is 6.33 Å². The van der Waals surface area contributed by atoms with Gasteiger partial charge in [-0.1, -0.05) is 26.0 Å². The molecule has 2 amide bonds. The van der Waals surface area contributed by atoms with Crippen LogP contribution in [0.2, 0.25) is 0 Å². The molecule has 0 aliphatic carbocycles. The highest BCUT2D eigenvalue weighted by atomic mass is 16.2. The number of imidazole rings is 1. The Morgan fingerprint density at radius 1 is 1.14 bits per heavy atom. The van der Waals surface area contributed by atoms with Gasteiger partial charge in [0, 0.05) is 50.1 Å². The molecule has 3 aromatic rings. The van der Waals surface area contributed by atoms with Gasteiger partial charge in [0.15, 0.2) is 0 Å². The third-order valence-electron chi connectivity index (χ3n) is 4.62. The Morgan fingerprint density at radius 3 is 2.68 bits per heavy atom. The first-order valence-corrected chi connectivity index (χ1v) is 9.62. The maximum Gasteiger partial charge on any atom is 0.322 e. The van der Waals surface area contributed by atoms with Crippen molar-refractivity contribution in [3.8, 4) is 0 Å². The second-order valence-electron chi connectivity index (χ2n) is 7.14. The van der Waals surface area contributed by atoms with Gasteiger partial charge in [0.25, 0.3) is 0 Å². The Labute approximate surface area is 166 Å². The molecule has 0 unspecified atom stereocenters. The lowest BCUT2D eigenvalue weighted by Crippen LogP contribution is -2.35. The topological polar surface area (TPSA) is 63.1 Å². The zero-order chi connectivity index (χ0) is 19.8. The third-order valence-corrected chi connectivity index (χ3v) is 4.62. The van der Waals surface area contributed by atoms with E-state index in [0.717, 1.165) is 24.2 Å². The monoisotopic (exact) mass is 377 g/mol. The van der Waals surface area contributed by atoms with Gasteiger partial charge in [-0.2, -0.15) is 0 Å². The molecule has 6 nitrogen and oxygen atoms in total. The highest BCUT2D eigenvalue weighted by molar-refractivity contribution is 5.89. The molecule has 0 spiro atoms. The molecule has 28 heavy (non-hydrogen) atoms. The average Bonchev–Trinajstić information content (AvgIpc) is 3.21. The van der Waals surface area contributed by atoms with Gasteiger partial charge in [-0.15, -0.1) is 0 Å². The summed E-state index contributed by atoms with van der Waals surface area (Å²) in [6.07, 6.45) is 9.85. The van der Waals surface area contributed by atoms with Crippen LogP contribution in [0.4, 0.5) is 10.5 Å². The molecule has 3 rings (SSSR count). The number of rotatable bonds is 8. The maximum atomic E-state index is 13.0. The molecular formula is C22H27N5O. The Morgan fingerprint density at radius 2 is 1.96 bits per heavy atom. The van der Waals surface area contributed by atoms with Crippen LogP contribution < -0.4 is 5.32 Å². The molecular weight excluding hydrogens is 350 g/mol. The van der Waals surface area contributed by atoms with Crippen LogP contribution in [0.25, 0.3) is 0 Å². The lowest BCUT2D eigenvalue weighted by atomic mass is 10.0. The SMILES string of the molecule is CC(C)c1cccc(NC(=O)N(CCCn2ccnc2)Cc2ccncc2)c1. The van der Waals surface area contributed by atoms with Crippen molar-refractivity contribution in [2.75, 3.05) is 11.9 Å². The molecule has 0 saturated heterocycles. The normalized spacial score (nSPS) is 10.8. The first-order valence-electron chi connectivity index (χ1n) is 9.62. The number of benzene rings is 1. The van der Waals surface area contributed by atoms with E-state index in [1.807, 2.05) is 46.0 Å². The minimum atomic E-state index is -0.0941. The molecule has 2 heterocycles. The Kier molecular flexibility index (Phi) is 6.78. The zero-order valence-electron chi connectivity index (χ0n) is 16.5. The van der Waals surface area contributed by atoms with Gasteiger partial charge in [0.1, 0.15) is 0 Å². The number of hydrogen-bond donors (Lipinski definition) is 1. The third kappa shape index (κ3) is 5.67. The molecule has 0 aliphatic rings. The summed E-state index contributed by atoms with van der Waals surface area (Å²) in [5.74, 6) is 0.417. The minimum Gasteiger partial charge on any atom is -0.337 e. The predicted octanol–water partition coefficient (Wildman–Crippen LogP) is 4.53. The molecule has 1 aromatic carbocycles. The summed E-state index contributed by atoms with van der Waals surface area (Å²) < 4.78 is 2.02. The molecule has 0 radical (unpaired) electrons. The second kappa shape index (κ2) is 9.69. The first kappa shape index (κ1) is 19.6. The number of urea groups is 1. The lowest BCUT2D eigenvalue weighted by molar-refractivity contribution is 0.207. The number of nitrogens with zero attached hydrogens (tertiary/aromatic N) is 4. The number of carbonyl (C=O) groups excluding carboxylic acids is 1. The lowest BCUT2D eigenvalue weighted by Gasteiger charge is -2.23. The van der Waals surface area contributed by atoms with Gasteiger partial charge in [-0.25, -0.2) is 9.78 Å². The summed E-state index contributed by atoms with van der Waals surface area (Å²) in [7, 11) is 0. The van der Waals surface area contributed by atoms with Crippen molar-refractivity contribution in [1.29, 1.82) is 0 Å². The smallest absolute Gasteiger partial charge is 0.322 e. The summed E-state index contributed by atoms with van der Waals surface area (Å²) in [6, 6.07) is 11.8. The summed E-state index contributed by atoms with van der Waals surface area (Å²) in [5, 5.41) is 3.05. The highest BCUT2D eigenvalue weighted by Gasteiger charge is 2.14. The number of pyridine rings is 1. The summed E-state index contributed by atoms with van der Waals surface area (Å²) in [5.41, 5.74) is 3.09. The molecule has 0 saturated carbocycles. The number of hydrogen-bond acceptors (Lipinski definition) is 3. The van der Waals surface area contributed by atoms with Crippen LogP contribution in [-0.4, -0.2) is 32.0 Å². The van der Waals surface area contributed by atoms with Gasteiger partial charge in [0.2, 0.25) is 0 Å². The molecule has 0 atom stereocenters. The maximum absolute atomic E-state index is 13.0. The van der Waals surface area contributed by atoms with E-state index in [1.54, 1.807) is 24.9 Å². The first-order chi connectivity index (χ1) is 13.6. The van der Waals surface area contributed by atoms with Crippen LogP contribution in [0.5, 0.6) is 0 Å². The van der Waals surface area contributed by atoms with Crippen LogP contribution in [0.3, 0.4) is 0 Å². The van der Waals surface area contributed by atoms with Crippen molar-refractivity contribution in [2.45, 2.75) is 39.3 Å². The second-order valence-corrected chi connectivity index (χ2v) is 7.14. The van der Waals surface area contributed by atoms with Gasteiger partial charge in [-0.05, 0) is 47.7 Å². The van der Waals surface area contributed by atoms with Gasteiger partial charge < -0.3 is 14.8 Å². The predicted molar refractivity (Wildman–Crippen MR) is 111 cm³/mol. The molecule has 6 heteroatoms. The number of anilines is 1. The van der Waals surface area contributed by atoms with Gasteiger partial charge in [-0.3, -0.25) is 4.98 Å². The van der Waals surface area contributed by atoms with Crippen molar-refractivity contribution in [3.05, 3.63) is 78.6 Å². The zero-order valence-corrected chi connectivity index (χ0v) is 16.5.